The molecule has 0 spiro atoms. The van der Waals surface area contributed by atoms with Gasteiger partial charge in [0.1, 0.15) is 11.9 Å². The molecule has 1 amide bonds. The minimum absolute atomic E-state index is 0.0453. The molecule has 27 heavy (non-hydrogen) atoms. The molecule has 0 radical (unpaired) electrons. The molecule has 0 unspecified atom stereocenters. The quantitative estimate of drug-likeness (QED) is 0.567. The van der Waals surface area contributed by atoms with Gasteiger partial charge in [-0.25, -0.2) is 4.98 Å². The van der Waals surface area contributed by atoms with Crippen LogP contribution >= 0.6 is 22.7 Å². The van der Waals surface area contributed by atoms with E-state index >= 15 is 0 Å². The predicted molar refractivity (Wildman–Crippen MR) is 108 cm³/mol. The van der Waals surface area contributed by atoms with Crippen molar-refractivity contribution in [1.29, 1.82) is 0 Å². The fourth-order valence-electron chi connectivity index (χ4n) is 3.51. The number of ether oxygens (including phenoxy) is 1. The minimum atomic E-state index is -0.0453. The summed E-state index contributed by atoms with van der Waals surface area (Å²) in [6.07, 6.45) is 2.38. The number of carbonyl (C=O) groups excluding carboxylic acids is 1. The van der Waals surface area contributed by atoms with Crippen molar-refractivity contribution in [2.45, 2.75) is 19.4 Å². The van der Waals surface area contributed by atoms with Crippen molar-refractivity contribution in [3.8, 4) is 16.2 Å². The highest BCUT2D eigenvalue weighted by Gasteiger charge is 2.28. The molecule has 138 valence electrons. The molecular formula is C19H18N4O2S2. The highest BCUT2D eigenvalue weighted by atomic mass is 32.1. The zero-order chi connectivity index (χ0) is 18.5. The molecule has 1 aromatic carbocycles. The Morgan fingerprint density at radius 1 is 1.37 bits per heavy atom. The molecule has 1 fully saturated rings. The van der Waals surface area contributed by atoms with E-state index in [9.17, 15) is 4.79 Å². The summed E-state index contributed by atoms with van der Waals surface area (Å²) in [5.74, 6) is 1.14. The van der Waals surface area contributed by atoms with Crippen LogP contribution in [0.5, 0.6) is 5.75 Å². The van der Waals surface area contributed by atoms with E-state index in [0.717, 1.165) is 31.7 Å². The first-order chi connectivity index (χ1) is 13.1. The van der Waals surface area contributed by atoms with Crippen molar-refractivity contribution < 1.29 is 9.53 Å². The molecule has 1 aliphatic rings. The lowest BCUT2D eigenvalue weighted by molar-refractivity contribution is -0.119. The summed E-state index contributed by atoms with van der Waals surface area (Å²) >= 11 is 3.30. The molecule has 5 rings (SSSR count). The highest BCUT2D eigenvalue weighted by molar-refractivity contribution is 7.22. The number of carbonyl (C=O) groups is 1. The number of aromatic nitrogens is 3. The van der Waals surface area contributed by atoms with Gasteiger partial charge in [-0.05, 0) is 30.7 Å². The largest absolute Gasteiger partial charge is 0.489 e. The number of rotatable bonds is 4. The summed E-state index contributed by atoms with van der Waals surface area (Å²) in [6, 6.07) is 6.37. The van der Waals surface area contributed by atoms with Crippen LogP contribution in [0.1, 0.15) is 13.3 Å². The summed E-state index contributed by atoms with van der Waals surface area (Å²) in [5, 5.41) is 7.19. The highest BCUT2D eigenvalue weighted by Crippen LogP contribution is 2.39. The average molecular weight is 399 g/mol. The topological polar surface area (TPSA) is 69.0 Å². The van der Waals surface area contributed by atoms with Gasteiger partial charge in [-0.2, -0.15) is 5.10 Å². The maximum absolute atomic E-state index is 11.5. The number of nitrogens with one attached hydrogen (secondary N) is 1. The summed E-state index contributed by atoms with van der Waals surface area (Å²) < 4.78 is 10.4. The van der Waals surface area contributed by atoms with Crippen molar-refractivity contribution >= 4 is 49.0 Å². The number of thiophene rings is 1. The zero-order valence-electron chi connectivity index (χ0n) is 14.9. The monoisotopic (exact) mass is 398 g/mol. The smallest absolute Gasteiger partial charge is 0.220 e. The Hall–Kier alpha value is -2.45. The zero-order valence-corrected chi connectivity index (χ0v) is 16.6. The normalized spacial score (nSPS) is 18.3. The van der Waals surface area contributed by atoms with Gasteiger partial charge in [0.15, 0.2) is 0 Å². The molecule has 4 heterocycles. The van der Waals surface area contributed by atoms with E-state index in [1.54, 1.807) is 22.7 Å². The SMILES string of the molecule is C[C@H](Oc1cc(-c2cc3c(cnn3C)s2)cc2ncsc12)[C@@H]1CNC(=O)C1. The van der Waals surface area contributed by atoms with E-state index in [2.05, 4.69) is 33.6 Å². The van der Waals surface area contributed by atoms with Crippen LogP contribution in [0.2, 0.25) is 0 Å². The van der Waals surface area contributed by atoms with Gasteiger partial charge in [-0.3, -0.25) is 9.48 Å². The first-order valence-electron chi connectivity index (χ1n) is 8.81. The van der Waals surface area contributed by atoms with Gasteiger partial charge in [0.25, 0.3) is 0 Å². The first-order valence-corrected chi connectivity index (χ1v) is 10.5. The van der Waals surface area contributed by atoms with Crippen molar-refractivity contribution in [3.63, 3.8) is 0 Å². The van der Waals surface area contributed by atoms with Gasteiger partial charge in [0.2, 0.25) is 5.91 Å². The second-order valence-corrected chi connectivity index (χ2v) is 8.83. The lowest BCUT2D eigenvalue weighted by Crippen LogP contribution is -2.25. The lowest BCUT2D eigenvalue weighted by Gasteiger charge is -2.20. The molecule has 4 aromatic rings. The van der Waals surface area contributed by atoms with Crippen LogP contribution in [0, 0.1) is 5.92 Å². The number of nitrogens with zero attached hydrogens (tertiary/aromatic N) is 3. The molecular weight excluding hydrogens is 380 g/mol. The van der Waals surface area contributed by atoms with Crippen LogP contribution in [0.4, 0.5) is 0 Å². The lowest BCUT2D eigenvalue weighted by atomic mass is 10.0. The summed E-state index contributed by atoms with van der Waals surface area (Å²) in [6.45, 7) is 2.71. The Kier molecular flexibility index (Phi) is 3.91. The molecule has 8 heteroatoms. The maximum atomic E-state index is 11.5. The van der Waals surface area contributed by atoms with E-state index < -0.39 is 0 Å². The molecule has 0 saturated carbocycles. The van der Waals surface area contributed by atoms with Crippen LogP contribution < -0.4 is 10.1 Å². The number of hydrogen-bond donors (Lipinski definition) is 1. The summed E-state index contributed by atoms with van der Waals surface area (Å²) in [5.41, 5.74) is 5.01. The van der Waals surface area contributed by atoms with Crippen LogP contribution in [0.25, 0.3) is 30.9 Å². The Bertz CT molecular complexity index is 1160. The molecule has 0 aliphatic carbocycles. The molecule has 3 aromatic heterocycles. The van der Waals surface area contributed by atoms with E-state index in [-0.39, 0.29) is 17.9 Å². The molecule has 2 atom stereocenters. The molecule has 1 N–H and O–H groups in total. The number of amides is 1. The molecule has 6 nitrogen and oxygen atoms in total. The average Bonchev–Trinajstić information content (AvgIpc) is 3.40. The van der Waals surface area contributed by atoms with Crippen LogP contribution in [0.15, 0.2) is 29.9 Å². The number of thiazole rings is 1. The first kappa shape index (κ1) is 16.7. The predicted octanol–water partition coefficient (Wildman–Crippen LogP) is 3.81. The summed E-state index contributed by atoms with van der Waals surface area (Å²) in [7, 11) is 1.95. The standard InChI is InChI=1S/C19H18N4O2S2/c1-10(12-5-18(24)20-7-12)25-15-4-11(3-13-19(15)26-9-21-13)16-6-14-17(27-16)8-22-23(14)2/h3-4,6,8-10,12H,5,7H2,1-2H3,(H,20,24)/t10-,12-/m0/s1. The Morgan fingerprint density at radius 3 is 3.04 bits per heavy atom. The van der Waals surface area contributed by atoms with Gasteiger partial charge < -0.3 is 10.1 Å². The second-order valence-electron chi connectivity index (χ2n) is 6.89. The van der Waals surface area contributed by atoms with Crippen LogP contribution in [0.3, 0.4) is 0 Å². The Morgan fingerprint density at radius 2 is 2.26 bits per heavy atom. The second kappa shape index (κ2) is 6.31. The van der Waals surface area contributed by atoms with Gasteiger partial charge in [0, 0.05) is 30.8 Å². The minimum Gasteiger partial charge on any atom is -0.489 e. The van der Waals surface area contributed by atoms with Crippen LogP contribution in [-0.2, 0) is 11.8 Å². The Balaban J connectivity index is 1.53. The number of aryl methyl sites for hydroxylation is 1. The fourth-order valence-corrected chi connectivity index (χ4v) is 5.27. The number of fused-ring (bicyclic) bond motifs is 2. The van der Waals surface area contributed by atoms with Gasteiger partial charge in [-0.1, -0.05) is 0 Å². The molecule has 1 saturated heterocycles. The van der Waals surface area contributed by atoms with E-state index in [1.807, 2.05) is 30.4 Å². The number of hydrogen-bond acceptors (Lipinski definition) is 6. The van der Waals surface area contributed by atoms with Crippen molar-refractivity contribution in [2.75, 3.05) is 6.54 Å². The van der Waals surface area contributed by atoms with E-state index in [4.69, 9.17) is 4.74 Å². The molecule has 1 aliphatic heterocycles. The van der Waals surface area contributed by atoms with Crippen molar-refractivity contribution in [1.82, 2.24) is 20.1 Å². The third kappa shape index (κ3) is 2.89. The van der Waals surface area contributed by atoms with Gasteiger partial charge in [0.05, 0.1) is 32.1 Å². The van der Waals surface area contributed by atoms with E-state index in [0.29, 0.717) is 13.0 Å². The summed E-state index contributed by atoms with van der Waals surface area (Å²) in [4.78, 5) is 17.2. The van der Waals surface area contributed by atoms with Gasteiger partial charge >= 0.3 is 0 Å². The maximum Gasteiger partial charge on any atom is 0.220 e. The Labute approximate surface area is 163 Å². The third-order valence-electron chi connectivity index (χ3n) is 5.10. The van der Waals surface area contributed by atoms with E-state index in [1.165, 1.54) is 4.88 Å². The van der Waals surface area contributed by atoms with Crippen molar-refractivity contribution in [3.05, 3.63) is 29.9 Å². The molecule has 0 bridgehead atoms. The fraction of sp³-hybridized carbons (Fsp3) is 0.316. The van der Waals surface area contributed by atoms with Gasteiger partial charge in [-0.15, -0.1) is 22.7 Å². The van der Waals surface area contributed by atoms with Crippen LogP contribution in [-0.4, -0.2) is 33.3 Å². The van der Waals surface area contributed by atoms with Crippen molar-refractivity contribution in [2.24, 2.45) is 13.0 Å². The third-order valence-corrected chi connectivity index (χ3v) is 7.07. The number of benzene rings is 1.